The van der Waals surface area contributed by atoms with Gasteiger partial charge in [-0.25, -0.2) is 0 Å². The first kappa shape index (κ1) is 9.56. The van der Waals surface area contributed by atoms with Crippen LogP contribution in [0.5, 0.6) is 0 Å². The highest BCUT2D eigenvalue weighted by atomic mass is 16.5. The van der Waals surface area contributed by atoms with Crippen molar-refractivity contribution < 1.29 is 9.53 Å². The van der Waals surface area contributed by atoms with E-state index in [0.29, 0.717) is 6.42 Å². The van der Waals surface area contributed by atoms with Gasteiger partial charge in [0.05, 0.1) is 12.3 Å². The first-order valence-corrected chi connectivity index (χ1v) is 5.22. The van der Waals surface area contributed by atoms with Gasteiger partial charge >= 0.3 is 0 Å². The number of carbonyl (C=O) groups is 1. The van der Waals surface area contributed by atoms with Crippen molar-refractivity contribution in [3.05, 3.63) is 12.3 Å². The lowest BCUT2D eigenvalue weighted by molar-refractivity contribution is -0.130. The maximum atomic E-state index is 11.5. The summed E-state index contributed by atoms with van der Waals surface area (Å²) in [5.41, 5.74) is -0.137. The highest BCUT2D eigenvalue weighted by Crippen LogP contribution is 2.27. The molecular weight excluding hydrogens is 178 g/mol. The maximum Gasteiger partial charge on any atom is 0.223 e. The molecule has 3 nitrogen and oxygen atoms in total. The van der Waals surface area contributed by atoms with Gasteiger partial charge in [-0.15, -0.1) is 0 Å². The molecule has 78 valence electrons. The van der Waals surface area contributed by atoms with Crippen molar-refractivity contribution in [2.24, 2.45) is 0 Å². The summed E-state index contributed by atoms with van der Waals surface area (Å²) in [5, 5.41) is 0. The normalized spacial score (nSPS) is 30.6. The third-order valence-corrected chi connectivity index (χ3v) is 2.90. The second-order valence-electron chi connectivity index (χ2n) is 4.67. The van der Waals surface area contributed by atoms with Crippen LogP contribution in [0.25, 0.3) is 0 Å². The summed E-state index contributed by atoms with van der Waals surface area (Å²) in [7, 11) is 0. The van der Waals surface area contributed by atoms with Crippen molar-refractivity contribution in [2.75, 3.05) is 6.54 Å². The van der Waals surface area contributed by atoms with Gasteiger partial charge in [0.2, 0.25) is 5.91 Å². The lowest BCUT2D eigenvalue weighted by Gasteiger charge is -2.36. The minimum Gasteiger partial charge on any atom is -0.496 e. The number of ether oxygens (including phenoxy) is 1. The van der Waals surface area contributed by atoms with Crippen molar-refractivity contribution in [3.8, 4) is 0 Å². The fraction of sp³-hybridized carbons (Fsp3) is 0.727. The van der Waals surface area contributed by atoms with E-state index in [1.54, 1.807) is 6.26 Å². The van der Waals surface area contributed by atoms with Gasteiger partial charge in [0.25, 0.3) is 0 Å². The van der Waals surface area contributed by atoms with E-state index in [1.807, 2.05) is 11.0 Å². The van der Waals surface area contributed by atoms with Gasteiger partial charge in [-0.05, 0) is 26.3 Å². The molecule has 2 rings (SSSR count). The lowest BCUT2D eigenvalue weighted by Crippen LogP contribution is -2.42. The molecule has 1 fully saturated rings. The minimum atomic E-state index is -0.137. The molecule has 0 bridgehead atoms. The molecule has 0 spiro atoms. The Hall–Kier alpha value is -0.990. The van der Waals surface area contributed by atoms with E-state index in [4.69, 9.17) is 4.74 Å². The molecule has 2 heterocycles. The van der Waals surface area contributed by atoms with Crippen molar-refractivity contribution >= 4 is 5.91 Å². The van der Waals surface area contributed by atoms with E-state index in [1.165, 1.54) is 0 Å². The number of hydrogen-bond donors (Lipinski definition) is 0. The summed E-state index contributed by atoms with van der Waals surface area (Å²) in [5.74, 6) is 0.289. The van der Waals surface area contributed by atoms with Crippen LogP contribution in [0, 0.1) is 0 Å². The van der Waals surface area contributed by atoms with E-state index >= 15 is 0 Å². The standard InChI is InChI=1S/C11H17NO2/c1-11(2)8-9(5-7-14-11)12-6-3-4-10(12)13/h5,7,9H,3-4,6,8H2,1-2H3. The Balaban J connectivity index is 2.08. The first-order chi connectivity index (χ1) is 6.58. The molecule has 3 heteroatoms. The van der Waals surface area contributed by atoms with Crippen LogP contribution in [0.15, 0.2) is 12.3 Å². The number of hydrogen-bond acceptors (Lipinski definition) is 2. The van der Waals surface area contributed by atoms with Gasteiger partial charge in [-0.3, -0.25) is 4.79 Å². The molecule has 1 unspecified atom stereocenters. The summed E-state index contributed by atoms with van der Waals surface area (Å²) >= 11 is 0. The highest BCUT2D eigenvalue weighted by Gasteiger charge is 2.33. The van der Waals surface area contributed by atoms with E-state index in [2.05, 4.69) is 13.8 Å². The first-order valence-electron chi connectivity index (χ1n) is 5.22. The average molecular weight is 195 g/mol. The van der Waals surface area contributed by atoms with Gasteiger partial charge in [0.15, 0.2) is 0 Å². The van der Waals surface area contributed by atoms with E-state index in [9.17, 15) is 4.79 Å². The summed E-state index contributed by atoms with van der Waals surface area (Å²) in [6.45, 7) is 5.03. The SMILES string of the molecule is CC1(C)CC(N2CCCC2=O)C=CO1. The highest BCUT2D eigenvalue weighted by molar-refractivity contribution is 5.78. The molecule has 2 aliphatic rings. The Labute approximate surface area is 84.7 Å². The molecule has 0 aliphatic carbocycles. The fourth-order valence-corrected chi connectivity index (χ4v) is 2.17. The molecule has 0 aromatic heterocycles. The Morgan fingerprint density at radius 2 is 2.36 bits per heavy atom. The lowest BCUT2D eigenvalue weighted by atomic mass is 9.96. The number of likely N-dealkylation sites (tertiary alicyclic amines) is 1. The van der Waals surface area contributed by atoms with Gasteiger partial charge in [0, 0.05) is 19.4 Å². The van der Waals surface area contributed by atoms with Crippen LogP contribution >= 0.6 is 0 Å². The number of rotatable bonds is 1. The van der Waals surface area contributed by atoms with E-state index in [0.717, 1.165) is 19.4 Å². The molecule has 1 amide bonds. The predicted octanol–water partition coefficient (Wildman–Crippen LogP) is 1.69. The smallest absolute Gasteiger partial charge is 0.223 e. The molecule has 1 atom stereocenters. The molecular formula is C11H17NO2. The Kier molecular flexibility index (Phi) is 2.25. The fourth-order valence-electron chi connectivity index (χ4n) is 2.17. The number of carbonyl (C=O) groups excluding carboxylic acids is 1. The predicted molar refractivity (Wildman–Crippen MR) is 53.7 cm³/mol. The quantitative estimate of drug-likeness (QED) is 0.637. The van der Waals surface area contributed by atoms with E-state index in [-0.39, 0.29) is 17.6 Å². The van der Waals surface area contributed by atoms with Gasteiger partial charge in [-0.1, -0.05) is 0 Å². The molecule has 0 radical (unpaired) electrons. The third kappa shape index (κ3) is 1.76. The monoisotopic (exact) mass is 195 g/mol. The second-order valence-corrected chi connectivity index (χ2v) is 4.67. The Morgan fingerprint density at radius 3 is 2.93 bits per heavy atom. The molecule has 0 N–H and O–H groups in total. The minimum absolute atomic E-state index is 0.137. The molecule has 14 heavy (non-hydrogen) atoms. The zero-order chi connectivity index (χ0) is 10.2. The van der Waals surface area contributed by atoms with Crippen LogP contribution in [-0.2, 0) is 9.53 Å². The van der Waals surface area contributed by atoms with Gasteiger partial charge in [0.1, 0.15) is 5.60 Å². The molecule has 1 saturated heterocycles. The Morgan fingerprint density at radius 1 is 1.57 bits per heavy atom. The van der Waals surface area contributed by atoms with Gasteiger partial charge < -0.3 is 9.64 Å². The molecule has 2 aliphatic heterocycles. The van der Waals surface area contributed by atoms with Crippen LogP contribution in [0.2, 0.25) is 0 Å². The zero-order valence-corrected chi connectivity index (χ0v) is 8.82. The second kappa shape index (κ2) is 3.30. The topological polar surface area (TPSA) is 29.5 Å². The van der Waals surface area contributed by atoms with Crippen LogP contribution in [0.3, 0.4) is 0 Å². The summed E-state index contributed by atoms with van der Waals surface area (Å²) < 4.78 is 5.47. The van der Waals surface area contributed by atoms with Crippen molar-refractivity contribution in [3.63, 3.8) is 0 Å². The van der Waals surface area contributed by atoms with Gasteiger partial charge in [-0.2, -0.15) is 0 Å². The number of nitrogens with zero attached hydrogens (tertiary/aromatic N) is 1. The maximum absolute atomic E-state index is 11.5. The van der Waals surface area contributed by atoms with Crippen LogP contribution in [-0.4, -0.2) is 29.0 Å². The molecule has 0 aromatic carbocycles. The van der Waals surface area contributed by atoms with Crippen LogP contribution < -0.4 is 0 Å². The van der Waals surface area contributed by atoms with E-state index < -0.39 is 0 Å². The average Bonchev–Trinajstić information content (AvgIpc) is 2.49. The summed E-state index contributed by atoms with van der Waals surface area (Å²) in [4.78, 5) is 13.5. The van der Waals surface area contributed by atoms with Crippen molar-refractivity contribution in [2.45, 2.75) is 44.8 Å². The molecule has 0 aromatic rings. The third-order valence-electron chi connectivity index (χ3n) is 2.90. The molecule has 0 saturated carbocycles. The summed E-state index contributed by atoms with van der Waals surface area (Å²) in [6.07, 6.45) is 6.35. The largest absolute Gasteiger partial charge is 0.496 e. The number of amides is 1. The van der Waals surface area contributed by atoms with Crippen molar-refractivity contribution in [1.82, 2.24) is 4.90 Å². The zero-order valence-electron chi connectivity index (χ0n) is 8.82. The van der Waals surface area contributed by atoms with Crippen LogP contribution in [0.1, 0.15) is 33.1 Å². The Bertz CT molecular complexity index is 270. The van der Waals surface area contributed by atoms with Crippen LogP contribution in [0.4, 0.5) is 0 Å². The van der Waals surface area contributed by atoms with Crippen molar-refractivity contribution in [1.29, 1.82) is 0 Å². The summed E-state index contributed by atoms with van der Waals surface area (Å²) in [6, 6.07) is 0.244.